The van der Waals surface area contributed by atoms with Gasteiger partial charge in [-0.05, 0) is 37.2 Å². The number of hydrogen-bond acceptors (Lipinski definition) is 5. The van der Waals surface area contributed by atoms with Crippen molar-refractivity contribution >= 4 is 17.2 Å². The molecule has 128 valence electrons. The molecule has 24 heavy (non-hydrogen) atoms. The second-order valence-electron chi connectivity index (χ2n) is 6.77. The predicted octanol–water partition coefficient (Wildman–Crippen LogP) is 2.13. The summed E-state index contributed by atoms with van der Waals surface area (Å²) in [6.45, 7) is 1.56. The third kappa shape index (κ3) is 3.37. The number of aromatic nitrogens is 3. The van der Waals surface area contributed by atoms with E-state index in [4.69, 9.17) is 4.74 Å². The van der Waals surface area contributed by atoms with Crippen molar-refractivity contribution in [1.29, 1.82) is 0 Å². The van der Waals surface area contributed by atoms with E-state index in [1.807, 2.05) is 29.7 Å². The van der Waals surface area contributed by atoms with Crippen LogP contribution in [0.1, 0.15) is 35.3 Å². The Morgan fingerprint density at radius 2 is 2.29 bits per heavy atom. The van der Waals surface area contributed by atoms with Gasteiger partial charge in [0.15, 0.2) is 0 Å². The molecule has 4 rings (SSSR count). The van der Waals surface area contributed by atoms with Crippen LogP contribution < -0.4 is 0 Å². The van der Waals surface area contributed by atoms with E-state index in [1.165, 1.54) is 24.2 Å². The molecule has 1 saturated carbocycles. The maximum absolute atomic E-state index is 12.8. The molecule has 0 bridgehead atoms. The number of carbonyl (C=O) groups is 1. The van der Waals surface area contributed by atoms with Crippen LogP contribution in [0.5, 0.6) is 0 Å². The highest BCUT2D eigenvalue weighted by molar-refractivity contribution is 7.07. The lowest BCUT2D eigenvalue weighted by molar-refractivity contribution is 0.0199. The van der Waals surface area contributed by atoms with Gasteiger partial charge in [0.05, 0.1) is 23.9 Å². The summed E-state index contributed by atoms with van der Waals surface area (Å²) in [7, 11) is 1.91. The van der Waals surface area contributed by atoms with E-state index in [1.54, 1.807) is 10.2 Å². The van der Waals surface area contributed by atoms with Gasteiger partial charge >= 0.3 is 0 Å². The van der Waals surface area contributed by atoms with Crippen molar-refractivity contribution in [3.05, 3.63) is 34.5 Å². The van der Waals surface area contributed by atoms with Crippen LogP contribution in [0.3, 0.4) is 0 Å². The monoisotopic (exact) mass is 346 g/mol. The van der Waals surface area contributed by atoms with Crippen LogP contribution in [0.25, 0.3) is 0 Å². The number of ether oxygens (including phenoxy) is 1. The molecule has 3 heterocycles. The third-order valence-electron chi connectivity index (χ3n) is 4.84. The Kier molecular flexibility index (Phi) is 4.37. The van der Waals surface area contributed by atoms with Crippen LogP contribution in [-0.2, 0) is 18.2 Å². The first-order valence-electron chi connectivity index (χ1n) is 8.49. The number of thiazole rings is 1. The average molecular weight is 346 g/mol. The van der Waals surface area contributed by atoms with Crippen LogP contribution >= 0.6 is 11.3 Å². The first-order valence-corrected chi connectivity index (χ1v) is 9.43. The van der Waals surface area contributed by atoms with Crippen molar-refractivity contribution in [2.24, 2.45) is 13.0 Å². The Hall–Kier alpha value is -1.73. The van der Waals surface area contributed by atoms with Crippen molar-refractivity contribution in [2.45, 2.75) is 37.8 Å². The minimum absolute atomic E-state index is 0.0164. The molecule has 1 amide bonds. The van der Waals surface area contributed by atoms with Gasteiger partial charge in [-0.25, -0.2) is 4.98 Å². The number of nitrogens with zero attached hydrogens (tertiary/aromatic N) is 4. The van der Waals surface area contributed by atoms with Crippen LogP contribution in [0.4, 0.5) is 0 Å². The van der Waals surface area contributed by atoms with Gasteiger partial charge in [0.1, 0.15) is 5.69 Å². The second-order valence-corrected chi connectivity index (χ2v) is 7.49. The highest BCUT2D eigenvalue weighted by Gasteiger charge is 2.39. The minimum Gasteiger partial charge on any atom is -0.376 e. The molecule has 0 radical (unpaired) electrons. The SMILES string of the molecule is Cn1cc(C[C@H]2[C@@H](OCC3CC3)CCN2C(=O)c2cscn2)cn1. The molecule has 2 aromatic heterocycles. The maximum Gasteiger partial charge on any atom is 0.273 e. The number of carbonyl (C=O) groups excluding carboxylic acids is 1. The molecule has 6 nitrogen and oxygen atoms in total. The van der Waals surface area contributed by atoms with E-state index < -0.39 is 0 Å². The van der Waals surface area contributed by atoms with Gasteiger partial charge in [0, 0.05) is 31.8 Å². The Bertz CT molecular complexity index is 695. The summed E-state index contributed by atoms with van der Waals surface area (Å²) in [6.07, 6.45) is 8.23. The van der Waals surface area contributed by atoms with Gasteiger partial charge in [-0.2, -0.15) is 5.10 Å². The quantitative estimate of drug-likeness (QED) is 0.804. The standard InChI is InChI=1S/C17H22N4O2S/c1-20-8-13(7-19-20)6-15-16(23-9-12-2-3-12)4-5-21(15)17(22)14-10-24-11-18-14/h7-8,10-12,15-16H,2-6,9H2,1H3/t15-,16-/m0/s1. The molecule has 0 unspecified atom stereocenters. The zero-order chi connectivity index (χ0) is 16.5. The smallest absolute Gasteiger partial charge is 0.273 e. The molecule has 2 fully saturated rings. The topological polar surface area (TPSA) is 60.2 Å². The number of amides is 1. The Balaban J connectivity index is 1.51. The van der Waals surface area contributed by atoms with Crippen LogP contribution in [-0.4, -0.2) is 50.9 Å². The first-order chi connectivity index (χ1) is 11.7. The molecule has 1 aliphatic carbocycles. The average Bonchev–Trinajstić information content (AvgIpc) is 2.98. The van der Waals surface area contributed by atoms with Crippen molar-refractivity contribution in [1.82, 2.24) is 19.7 Å². The molecule has 0 aromatic carbocycles. The fourth-order valence-corrected chi connectivity index (χ4v) is 3.87. The molecule has 2 atom stereocenters. The molecule has 1 aliphatic heterocycles. The lowest BCUT2D eigenvalue weighted by Crippen LogP contribution is -2.42. The normalized spacial score (nSPS) is 23.8. The summed E-state index contributed by atoms with van der Waals surface area (Å²) in [5, 5.41) is 6.07. The molecule has 2 aromatic rings. The van der Waals surface area contributed by atoms with E-state index in [0.717, 1.165) is 37.5 Å². The molecule has 1 saturated heterocycles. The largest absolute Gasteiger partial charge is 0.376 e. The van der Waals surface area contributed by atoms with Gasteiger partial charge in [-0.15, -0.1) is 11.3 Å². The highest BCUT2D eigenvalue weighted by atomic mass is 32.1. The second kappa shape index (κ2) is 6.64. The maximum atomic E-state index is 12.8. The minimum atomic E-state index is 0.0164. The highest BCUT2D eigenvalue weighted by Crippen LogP contribution is 2.32. The zero-order valence-electron chi connectivity index (χ0n) is 13.8. The van der Waals surface area contributed by atoms with Gasteiger partial charge in [0.25, 0.3) is 5.91 Å². The number of likely N-dealkylation sites (tertiary alicyclic amines) is 1. The van der Waals surface area contributed by atoms with Gasteiger partial charge in [-0.1, -0.05) is 0 Å². The van der Waals surface area contributed by atoms with Crippen molar-refractivity contribution in [3.63, 3.8) is 0 Å². The summed E-state index contributed by atoms with van der Waals surface area (Å²) in [5.41, 5.74) is 3.39. The van der Waals surface area contributed by atoms with Crippen molar-refractivity contribution in [2.75, 3.05) is 13.2 Å². The fraction of sp³-hybridized carbons (Fsp3) is 0.588. The molecule has 7 heteroatoms. The summed E-state index contributed by atoms with van der Waals surface area (Å²) >= 11 is 1.46. The van der Waals surface area contributed by atoms with E-state index in [0.29, 0.717) is 5.69 Å². The van der Waals surface area contributed by atoms with Gasteiger partial charge < -0.3 is 9.64 Å². The van der Waals surface area contributed by atoms with Gasteiger partial charge in [0.2, 0.25) is 0 Å². The van der Waals surface area contributed by atoms with Crippen molar-refractivity contribution < 1.29 is 9.53 Å². The Morgan fingerprint density at radius 1 is 1.42 bits per heavy atom. The number of hydrogen-bond donors (Lipinski definition) is 0. The lowest BCUT2D eigenvalue weighted by Gasteiger charge is -2.27. The Labute approximate surface area is 145 Å². The van der Waals surface area contributed by atoms with E-state index in [-0.39, 0.29) is 18.1 Å². The summed E-state index contributed by atoms with van der Waals surface area (Å²) in [5.74, 6) is 0.745. The number of rotatable bonds is 6. The third-order valence-corrected chi connectivity index (χ3v) is 5.43. The first kappa shape index (κ1) is 15.8. The molecule has 2 aliphatic rings. The molecule has 0 N–H and O–H groups in total. The summed E-state index contributed by atoms with van der Waals surface area (Å²) < 4.78 is 7.98. The van der Waals surface area contributed by atoms with Crippen LogP contribution in [0.2, 0.25) is 0 Å². The zero-order valence-corrected chi connectivity index (χ0v) is 14.6. The summed E-state index contributed by atoms with van der Waals surface area (Å²) in [4.78, 5) is 18.9. The number of aryl methyl sites for hydroxylation is 1. The molecular weight excluding hydrogens is 324 g/mol. The van der Waals surface area contributed by atoms with Crippen LogP contribution in [0, 0.1) is 5.92 Å². The molecular formula is C17H22N4O2S. The lowest BCUT2D eigenvalue weighted by atomic mass is 10.0. The van der Waals surface area contributed by atoms with E-state index in [2.05, 4.69) is 10.1 Å². The van der Waals surface area contributed by atoms with Gasteiger partial charge in [-0.3, -0.25) is 9.48 Å². The summed E-state index contributed by atoms with van der Waals surface area (Å²) in [6, 6.07) is 0.0575. The Morgan fingerprint density at radius 3 is 2.96 bits per heavy atom. The van der Waals surface area contributed by atoms with Crippen molar-refractivity contribution in [3.8, 4) is 0 Å². The molecule has 0 spiro atoms. The fourth-order valence-electron chi connectivity index (χ4n) is 3.34. The van der Waals surface area contributed by atoms with E-state index in [9.17, 15) is 4.79 Å². The van der Waals surface area contributed by atoms with E-state index >= 15 is 0 Å². The van der Waals surface area contributed by atoms with Crippen LogP contribution in [0.15, 0.2) is 23.3 Å². The predicted molar refractivity (Wildman–Crippen MR) is 90.9 cm³/mol.